The molecular weight excluding hydrogens is 307 g/mol. The van der Waals surface area contributed by atoms with Crippen molar-refractivity contribution in [3.8, 4) is 5.75 Å². The van der Waals surface area contributed by atoms with E-state index < -0.39 is 5.60 Å². The van der Waals surface area contributed by atoms with Gasteiger partial charge in [0.05, 0.1) is 5.69 Å². The van der Waals surface area contributed by atoms with Gasteiger partial charge in [-0.25, -0.2) is 4.39 Å². The van der Waals surface area contributed by atoms with E-state index in [1.807, 2.05) is 12.1 Å². The van der Waals surface area contributed by atoms with Crippen LogP contribution in [0, 0.1) is 11.7 Å². The fourth-order valence-corrected chi connectivity index (χ4v) is 3.95. The number of likely N-dealkylation sites (tertiary alicyclic amines) is 1. The SMILES string of the molecule is CN1CCC(C2(O)c3cc(F)ccc3OCc3cccnc32)CC1. The van der Waals surface area contributed by atoms with Crippen molar-refractivity contribution in [1.82, 2.24) is 9.88 Å². The zero-order valence-corrected chi connectivity index (χ0v) is 13.7. The van der Waals surface area contributed by atoms with Crippen LogP contribution in [0.25, 0.3) is 0 Å². The number of ether oxygens (including phenoxy) is 1. The number of hydrogen-bond donors (Lipinski definition) is 1. The number of benzene rings is 1. The van der Waals surface area contributed by atoms with E-state index in [0.717, 1.165) is 31.5 Å². The lowest BCUT2D eigenvalue weighted by Crippen LogP contribution is -2.44. The number of pyridine rings is 1. The Hall–Kier alpha value is -1.98. The Balaban J connectivity index is 1.91. The van der Waals surface area contributed by atoms with Gasteiger partial charge in [0.15, 0.2) is 0 Å². The molecule has 2 aliphatic rings. The molecule has 126 valence electrons. The first-order valence-corrected chi connectivity index (χ1v) is 8.37. The summed E-state index contributed by atoms with van der Waals surface area (Å²) >= 11 is 0. The van der Waals surface area contributed by atoms with Gasteiger partial charge in [-0.15, -0.1) is 0 Å². The smallest absolute Gasteiger partial charge is 0.138 e. The van der Waals surface area contributed by atoms with Gasteiger partial charge < -0.3 is 14.7 Å². The number of aliphatic hydroxyl groups is 1. The molecule has 1 aromatic heterocycles. The molecule has 0 spiro atoms. The van der Waals surface area contributed by atoms with E-state index >= 15 is 0 Å². The fourth-order valence-electron chi connectivity index (χ4n) is 3.95. The molecule has 1 atom stereocenters. The Kier molecular flexibility index (Phi) is 3.77. The first kappa shape index (κ1) is 15.5. The largest absolute Gasteiger partial charge is 0.488 e. The highest BCUT2D eigenvalue weighted by Crippen LogP contribution is 2.47. The molecule has 0 aliphatic carbocycles. The second-order valence-electron chi connectivity index (χ2n) is 6.78. The molecule has 2 aromatic rings. The molecule has 4 rings (SSSR count). The van der Waals surface area contributed by atoms with Gasteiger partial charge in [0.25, 0.3) is 0 Å². The first-order valence-electron chi connectivity index (χ1n) is 8.37. The predicted octanol–water partition coefficient (Wildman–Crippen LogP) is 2.69. The summed E-state index contributed by atoms with van der Waals surface area (Å²) in [6.07, 6.45) is 3.35. The Morgan fingerprint density at radius 3 is 2.88 bits per heavy atom. The van der Waals surface area contributed by atoms with Crippen LogP contribution >= 0.6 is 0 Å². The number of halogens is 1. The summed E-state index contributed by atoms with van der Waals surface area (Å²) in [7, 11) is 2.08. The second kappa shape index (κ2) is 5.83. The third-order valence-corrected chi connectivity index (χ3v) is 5.30. The summed E-state index contributed by atoms with van der Waals surface area (Å²) < 4.78 is 19.8. The molecule has 3 heterocycles. The third-order valence-electron chi connectivity index (χ3n) is 5.30. The first-order chi connectivity index (χ1) is 11.6. The Bertz CT molecular complexity index is 759. The van der Waals surface area contributed by atoms with Crippen LogP contribution in [0.1, 0.15) is 29.7 Å². The summed E-state index contributed by atoms with van der Waals surface area (Å²) in [5.41, 5.74) is 0.625. The van der Waals surface area contributed by atoms with Crippen LogP contribution in [0.15, 0.2) is 36.5 Å². The Morgan fingerprint density at radius 1 is 1.29 bits per heavy atom. The minimum atomic E-state index is -1.33. The van der Waals surface area contributed by atoms with Crippen LogP contribution in [-0.2, 0) is 12.2 Å². The van der Waals surface area contributed by atoms with Crippen LogP contribution in [0.4, 0.5) is 4.39 Å². The van der Waals surface area contributed by atoms with E-state index in [0.29, 0.717) is 23.6 Å². The number of nitrogens with zero attached hydrogens (tertiary/aromatic N) is 2. The molecule has 0 bridgehead atoms. The van der Waals surface area contributed by atoms with E-state index in [-0.39, 0.29) is 11.7 Å². The lowest BCUT2D eigenvalue weighted by Gasteiger charge is -2.40. The average Bonchev–Trinajstić information content (AvgIpc) is 2.72. The van der Waals surface area contributed by atoms with Gasteiger partial charge in [-0.1, -0.05) is 6.07 Å². The molecule has 4 nitrogen and oxygen atoms in total. The standard InChI is InChI=1S/C19H21FN2O2/c1-22-9-6-14(7-10-22)19(23)16-11-15(20)4-5-17(16)24-12-13-3-2-8-21-18(13)19/h2-5,8,11,14,23H,6-7,9-10,12H2,1H3. The Morgan fingerprint density at radius 2 is 2.08 bits per heavy atom. The summed E-state index contributed by atoms with van der Waals surface area (Å²) in [6, 6.07) is 8.14. The zero-order valence-electron chi connectivity index (χ0n) is 13.7. The predicted molar refractivity (Wildman–Crippen MR) is 88.2 cm³/mol. The van der Waals surface area contributed by atoms with Gasteiger partial charge in [-0.3, -0.25) is 4.98 Å². The monoisotopic (exact) mass is 328 g/mol. The second-order valence-corrected chi connectivity index (χ2v) is 6.78. The van der Waals surface area contributed by atoms with Crippen molar-refractivity contribution in [3.63, 3.8) is 0 Å². The average molecular weight is 328 g/mol. The minimum Gasteiger partial charge on any atom is -0.488 e. The minimum absolute atomic E-state index is 0.0235. The van der Waals surface area contributed by atoms with Crippen LogP contribution in [0.2, 0.25) is 0 Å². The highest BCUT2D eigenvalue weighted by atomic mass is 19.1. The van der Waals surface area contributed by atoms with Crippen LogP contribution < -0.4 is 4.74 Å². The van der Waals surface area contributed by atoms with Gasteiger partial charge >= 0.3 is 0 Å². The highest BCUT2D eigenvalue weighted by molar-refractivity contribution is 5.48. The number of fused-ring (bicyclic) bond motifs is 2. The number of hydrogen-bond acceptors (Lipinski definition) is 4. The third kappa shape index (κ3) is 2.39. The van der Waals surface area contributed by atoms with Crippen molar-refractivity contribution in [2.24, 2.45) is 5.92 Å². The highest BCUT2D eigenvalue weighted by Gasteiger charge is 2.46. The van der Waals surface area contributed by atoms with Crippen molar-refractivity contribution < 1.29 is 14.2 Å². The lowest BCUT2D eigenvalue weighted by atomic mass is 9.73. The maximum Gasteiger partial charge on any atom is 0.138 e. The number of aromatic nitrogens is 1. The zero-order chi connectivity index (χ0) is 16.7. The molecule has 5 heteroatoms. The maximum atomic E-state index is 14.0. The van der Waals surface area contributed by atoms with Crippen LogP contribution in [0.5, 0.6) is 5.75 Å². The summed E-state index contributed by atoms with van der Waals surface area (Å²) in [5.74, 6) is 0.142. The van der Waals surface area contributed by atoms with E-state index in [1.54, 1.807) is 12.3 Å². The lowest BCUT2D eigenvalue weighted by molar-refractivity contribution is -0.0149. The van der Waals surface area contributed by atoms with Crippen molar-refractivity contribution in [2.75, 3.05) is 20.1 Å². The molecule has 1 N–H and O–H groups in total. The molecule has 1 unspecified atom stereocenters. The van der Waals surface area contributed by atoms with Gasteiger partial charge in [0, 0.05) is 23.2 Å². The van der Waals surface area contributed by atoms with Gasteiger partial charge in [-0.05, 0) is 57.2 Å². The molecule has 1 saturated heterocycles. The normalized spacial score (nSPS) is 24.6. The molecule has 0 amide bonds. The van der Waals surface area contributed by atoms with Gasteiger partial charge in [0.2, 0.25) is 0 Å². The summed E-state index contributed by atoms with van der Waals surface area (Å²) in [5, 5.41) is 11.9. The molecular formula is C19H21FN2O2. The molecule has 1 fully saturated rings. The van der Waals surface area contributed by atoms with E-state index in [1.165, 1.54) is 12.1 Å². The summed E-state index contributed by atoms with van der Waals surface area (Å²) in [6.45, 7) is 2.14. The summed E-state index contributed by atoms with van der Waals surface area (Å²) in [4.78, 5) is 6.74. The quantitative estimate of drug-likeness (QED) is 0.874. The van der Waals surface area contributed by atoms with Gasteiger partial charge in [0.1, 0.15) is 23.8 Å². The fraction of sp³-hybridized carbons (Fsp3) is 0.421. The van der Waals surface area contributed by atoms with Crippen molar-refractivity contribution in [3.05, 3.63) is 59.2 Å². The molecule has 0 radical (unpaired) electrons. The van der Waals surface area contributed by atoms with Crippen LogP contribution in [-0.4, -0.2) is 35.1 Å². The van der Waals surface area contributed by atoms with Crippen LogP contribution in [0.3, 0.4) is 0 Å². The molecule has 0 saturated carbocycles. The maximum absolute atomic E-state index is 14.0. The molecule has 1 aromatic carbocycles. The van der Waals surface area contributed by atoms with Crippen molar-refractivity contribution in [2.45, 2.75) is 25.0 Å². The Labute approximate surface area is 140 Å². The van der Waals surface area contributed by atoms with Gasteiger partial charge in [-0.2, -0.15) is 0 Å². The van der Waals surface area contributed by atoms with E-state index in [9.17, 15) is 9.50 Å². The molecule has 2 aliphatic heterocycles. The van der Waals surface area contributed by atoms with E-state index in [4.69, 9.17) is 4.74 Å². The van der Waals surface area contributed by atoms with Crippen molar-refractivity contribution in [1.29, 1.82) is 0 Å². The number of rotatable bonds is 1. The molecule has 24 heavy (non-hydrogen) atoms. The number of piperidine rings is 1. The topological polar surface area (TPSA) is 45.6 Å². The van der Waals surface area contributed by atoms with Crippen molar-refractivity contribution >= 4 is 0 Å². The van der Waals surface area contributed by atoms with E-state index in [2.05, 4.69) is 16.9 Å².